The Hall–Kier alpha value is -0.870. The molecule has 1 heterocycles. The van der Waals surface area contributed by atoms with Gasteiger partial charge in [-0.1, -0.05) is 18.2 Å². The average Bonchev–Trinajstić information content (AvgIpc) is 2.02. The highest BCUT2D eigenvalue weighted by atomic mass is 32.2. The molecule has 0 spiro atoms. The zero-order valence-corrected chi connectivity index (χ0v) is 8.00. The first-order valence-corrected chi connectivity index (χ1v) is 5.70. The van der Waals surface area contributed by atoms with Crippen LogP contribution in [0.5, 0.6) is 0 Å². The Balaban J connectivity index is 2.35. The van der Waals surface area contributed by atoms with E-state index < -0.39 is 10.0 Å². The zero-order chi connectivity index (χ0) is 9.31. The molecule has 0 unspecified atom stereocenters. The predicted octanol–water partition coefficient (Wildman–Crippen LogP) is 1.08. The zero-order valence-electron chi connectivity index (χ0n) is 7.18. The SMILES string of the molecule is O=S(=O)(c1ccccc1)N1CCC1. The summed E-state index contributed by atoms with van der Waals surface area (Å²) in [6, 6.07) is 8.57. The predicted molar refractivity (Wildman–Crippen MR) is 49.8 cm³/mol. The number of benzene rings is 1. The minimum atomic E-state index is -3.17. The second-order valence-electron chi connectivity index (χ2n) is 3.07. The molecular formula is C9H11NO2S. The number of hydrogen-bond donors (Lipinski definition) is 0. The van der Waals surface area contributed by atoms with Gasteiger partial charge in [0.1, 0.15) is 0 Å². The second-order valence-corrected chi connectivity index (χ2v) is 5.01. The van der Waals surface area contributed by atoms with Crippen molar-refractivity contribution >= 4 is 10.0 Å². The lowest BCUT2D eigenvalue weighted by molar-refractivity contribution is 0.309. The first kappa shape index (κ1) is 8.72. The lowest BCUT2D eigenvalue weighted by Crippen LogP contribution is -2.41. The highest BCUT2D eigenvalue weighted by Crippen LogP contribution is 2.20. The van der Waals surface area contributed by atoms with E-state index in [9.17, 15) is 8.42 Å². The maximum Gasteiger partial charge on any atom is 0.243 e. The van der Waals surface area contributed by atoms with Gasteiger partial charge in [0.25, 0.3) is 0 Å². The first-order chi connectivity index (χ1) is 6.21. The lowest BCUT2D eigenvalue weighted by atomic mass is 10.3. The van der Waals surface area contributed by atoms with Gasteiger partial charge in [0.15, 0.2) is 0 Å². The van der Waals surface area contributed by atoms with Gasteiger partial charge in [0.05, 0.1) is 4.90 Å². The Morgan fingerprint density at radius 3 is 2.15 bits per heavy atom. The largest absolute Gasteiger partial charge is 0.243 e. The van der Waals surface area contributed by atoms with Crippen molar-refractivity contribution in [3.05, 3.63) is 30.3 Å². The molecule has 1 aliphatic heterocycles. The van der Waals surface area contributed by atoms with Crippen molar-refractivity contribution in [1.82, 2.24) is 4.31 Å². The van der Waals surface area contributed by atoms with Crippen molar-refractivity contribution in [2.75, 3.05) is 13.1 Å². The fraction of sp³-hybridized carbons (Fsp3) is 0.333. The molecule has 0 saturated carbocycles. The van der Waals surface area contributed by atoms with E-state index >= 15 is 0 Å². The summed E-state index contributed by atoms with van der Waals surface area (Å²) in [6.07, 6.45) is 0.978. The van der Waals surface area contributed by atoms with Gasteiger partial charge >= 0.3 is 0 Å². The molecule has 0 radical (unpaired) electrons. The minimum absolute atomic E-state index is 0.398. The van der Waals surface area contributed by atoms with Gasteiger partial charge in [-0.3, -0.25) is 0 Å². The molecule has 0 atom stereocenters. The fourth-order valence-corrected chi connectivity index (χ4v) is 2.81. The molecule has 0 bridgehead atoms. The van der Waals surface area contributed by atoms with Crippen LogP contribution in [0.4, 0.5) is 0 Å². The smallest absolute Gasteiger partial charge is 0.207 e. The summed E-state index contributed by atoms with van der Waals surface area (Å²) < 4.78 is 25.0. The molecule has 1 aliphatic rings. The van der Waals surface area contributed by atoms with Crippen molar-refractivity contribution in [3.63, 3.8) is 0 Å². The Morgan fingerprint density at radius 1 is 1.08 bits per heavy atom. The van der Waals surface area contributed by atoms with Crippen LogP contribution in [0.2, 0.25) is 0 Å². The Kier molecular flexibility index (Phi) is 2.09. The van der Waals surface area contributed by atoms with E-state index in [0.29, 0.717) is 18.0 Å². The molecular weight excluding hydrogens is 186 g/mol. The van der Waals surface area contributed by atoms with Gasteiger partial charge in [-0.25, -0.2) is 8.42 Å². The van der Waals surface area contributed by atoms with Crippen molar-refractivity contribution in [3.8, 4) is 0 Å². The van der Waals surface area contributed by atoms with E-state index in [-0.39, 0.29) is 0 Å². The Bertz CT molecular complexity index is 381. The molecule has 4 heteroatoms. The van der Waals surface area contributed by atoms with E-state index in [1.807, 2.05) is 6.07 Å². The normalized spacial score (nSPS) is 18.2. The standard InChI is InChI=1S/C9H11NO2S/c11-13(12,10-7-4-8-10)9-5-2-1-3-6-9/h1-3,5-6H,4,7-8H2. The van der Waals surface area contributed by atoms with Crippen LogP contribution in [-0.4, -0.2) is 25.8 Å². The van der Waals surface area contributed by atoms with E-state index in [4.69, 9.17) is 0 Å². The van der Waals surface area contributed by atoms with Crippen LogP contribution < -0.4 is 0 Å². The Labute approximate surface area is 78.0 Å². The summed E-state index contributed by atoms with van der Waals surface area (Å²) in [5, 5.41) is 0. The maximum atomic E-state index is 11.7. The molecule has 0 amide bonds. The van der Waals surface area contributed by atoms with Gasteiger partial charge < -0.3 is 0 Å². The van der Waals surface area contributed by atoms with Gasteiger partial charge in [-0.2, -0.15) is 4.31 Å². The van der Waals surface area contributed by atoms with Crippen LogP contribution in [0.1, 0.15) is 6.42 Å². The van der Waals surface area contributed by atoms with Crippen LogP contribution in [-0.2, 0) is 10.0 Å². The van der Waals surface area contributed by atoms with E-state index in [1.165, 1.54) is 4.31 Å². The van der Waals surface area contributed by atoms with Crippen LogP contribution in [0.3, 0.4) is 0 Å². The quantitative estimate of drug-likeness (QED) is 0.711. The third kappa shape index (κ3) is 1.47. The summed E-state index contributed by atoms with van der Waals surface area (Å²) in [7, 11) is -3.17. The Morgan fingerprint density at radius 2 is 1.69 bits per heavy atom. The minimum Gasteiger partial charge on any atom is -0.207 e. The molecule has 3 nitrogen and oxygen atoms in total. The van der Waals surface area contributed by atoms with Crippen LogP contribution in [0, 0.1) is 0 Å². The average molecular weight is 197 g/mol. The molecule has 70 valence electrons. The molecule has 0 aromatic heterocycles. The third-order valence-electron chi connectivity index (χ3n) is 2.20. The molecule has 1 saturated heterocycles. The van der Waals surface area contributed by atoms with Gasteiger partial charge in [0, 0.05) is 13.1 Å². The van der Waals surface area contributed by atoms with Crippen LogP contribution in [0.15, 0.2) is 35.2 Å². The molecule has 1 fully saturated rings. The maximum absolute atomic E-state index is 11.7. The van der Waals surface area contributed by atoms with Crippen molar-refractivity contribution in [2.24, 2.45) is 0 Å². The summed E-state index contributed by atoms with van der Waals surface area (Å²) in [5.74, 6) is 0. The molecule has 1 aromatic carbocycles. The monoisotopic (exact) mass is 197 g/mol. The number of nitrogens with zero attached hydrogens (tertiary/aromatic N) is 1. The summed E-state index contributed by atoms with van der Waals surface area (Å²) in [6.45, 7) is 1.33. The van der Waals surface area contributed by atoms with Crippen molar-refractivity contribution < 1.29 is 8.42 Å². The number of sulfonamides is 1. The van der Waals surface area contributed by atoms with Crippen LogP contribution >= 0.6 is 0 Å². The van der Waals surface area contributed by atoms with E-state index in [1.54, 1.807) is 24.3 Å². The first-order valence-electron chi connectivity index (χ1n) is 4.26. The van der Waals surface area contributed by atoms with Gasteiger partial charge in [-0.15, -0.1) is 0 Å². The molecule has 2 rings (SSSR count). The number of hydrogen-bond acceptors (Lipinski definition) is 2. The topological polar surface area (TPSA) is 37.4 Å². The summed E-state index contributed by atoms with van der Waals surface area (Å²) in [4.78, 5) is 0.398. The highest BCUT2D eigenvalue weighted by molar-refractivity contribution is 7.89. The van der Waals surface area contributed by atoms with E-state index in [0.717, 1.165) is 6.42 Å². The van der Waals surface area contributed by atoms with E-state index in [2.05, 4.69) is 0 Å². The molecule has 1 aromatic rings. The van der Waals surface area contributed by atoms with Crippen molar-refractivity contribution in [2.45, 2.75) is 11.3 Å². The second kappa shape index (κ2) is 3.12. The van der Waals surface area contributed by atoms with Crippen molar-refractivity contribution in [1.29, 1.82) is 0 Å². The third-order valence-corrected chi connectivity index (χ3v) is 4.11. The summed E-state index contributed by atoms with van der Waals surface area (Å²) >= 11 is 0. The van der Waals surface area contributed by atoms with Gasteiger partial charge in [-0.05, 0) is 18.6 Å². The summed E-state index contributed by atoms with van der Waals surface area (Å²) in [5.41, 5.74) is 0. The van der Waals surface area contributed by atoms with Gasteiger partial charge in [0.2, 0.25) is 10.0 Å². The number of rotatable bonds is 2. The molecule has 0 N–H and O–H groups in total. The fourth-order valence-electron chi connectivity index (χ4n) is 1.27. The van der Waals surface area contributed by atoms with Crippen LogP contribution in [0.25, 0.3) is 0 Å². The molecule has 0 aliphatic carbocycles. The highest BCUT2D eigenvalue weighted by Gasteiger charge is 2.28. The molecule has 13 heavy (non-hydrogen) atoms. The lowest BCUT2D eigenvalue weighted by Gasteiger charge is -2.29.